The first-order valence-electron chi connectivity index (χ1n) is 10.8. The van der Waals surface area contributed by atoms with Crippen LogP contribution in [0, 0.1) is 12.3 Å². The number of nitrogens with zero attached hydrogens (tertiary/aromatic N) is 2. The first-order chi connectivity index (χ1) is 14.6. The van der Waals surface area contributed by atoms with Gasteiger partial charge in [0.05, 0.1) is 10.9 Å². The fourth-order valence-corrected chi connectivity index (χ4v) is 5.72. The minimum Gasteiger partial charge on any atom is -0.508 e. The number of nitrogens with one attached hydrogen (secondary N) is 1. The number of hydrogen-bond acceptors (Lipinski definition) is 4. The summed E-state index contributed by atoms with van der Waals surface area (Å²) in [5.41, 5.74) is 2.73. The topological polar surface area (TPSA) is 86.3 Å². The Morgan fingerprint density at radius 2 is 2.00 bits per heavy atom. The van der Waals surface area contributed by atoms with Gasteiger partial charge in [-0.15, -0.1) is 0 Å². The van der Waals surface area contributed by atoms with Gasteiger partial charge >= 0.3 is 0 Å². The highest BCUT2D eigenvalue weighted by molar-refractivity contribution is 5.98. The molecule has 2 heterocycles. The number of carbonyl (C=O) groups is 1. The SMILES string of the molecule is Cc1nc2cc(C(=O)N3CCC4(C)c5cccc(O)c5CC3C4(C)C)ccc2c(=O)[nH]1. The molecule has 1 aromatic heterocycles. The second kappa shape index (κ2) is 6.42. The minimum absolute atomic E-state index is 0.0379. The average Bonchev–Trinajstić information content (AvgIpc) is 2.70. The maximum atomic E-state index is 13.7. The zero-order valence-electron chi connectivity index (χ0n) is 18.3. The lowest BCUT2D eigenvalue weighted by Crippen LogP contribution is -2.64. The Labute approximate surface area is 180 Å². The van der Waals surface area contributed by atoms with Crippen molar-refractivity contribution in [1.29, 1.82) is 0 Å². The molecule has 2 aromatic carbocycles. The molecule has 1 fully saturated rings. The van der Waals surface area contributed by atoms with Crippen molar-refractivity contribution >= 4 is 16.8 Å². The predicted molar refractivity (Wildman–Crippen MR) is 119 cm³/mol. The lowest BCUT2D eigenvalue weighted by Gasteiger charge is -2.60. The molecule has 6 heteroatoms. The van der Waals surface area contributed by atoms with E-state index in [0.29, 0.717) is 41.0 Å². The second-order valence-corrected chi connectivity index (χ2v) is 9.71. The molecule has 1 amide bonds. The second-order valence-electron chi connectivity index (χ2n) is 9.71. The molecular weight excluding hydrogens is 390 g/mol. The molecule has 160 valence electrons. The summed E-state index contributed by atoms with van der Waals surface area (Å²) in [4.78, 5) is 34.9. The summed E-state index contributed by atoms with van der Waals surface area (Å²) in [5, 5.41) is 11.0. The number of benzene rings is 2. The minimum atomic E-state index is -0.198. The number of carbonyl (C=O) groups excluding carboxylic acids is 1. The Kier molecular flexibility index (Phi) is 4.10. The number of aromatic nitrogens is 2. The van der Waals surface area contributed by atoms with E-state index in [1.54, 1.807) is 31.2 Å². The van der Waals surface area contributed by atoms with Gasteiger partial charge in [0.15, 0.2) is 0 Å². The summed E-state index contributed by atoms with van der Waals surface area (Å²) >= 11 is 0. The number of aromatic amines is 1. The highest BCUT2D eigenvalue weighted by atomic mass is 16.3. The third-order valence-corrected chi connectivity index (χ3v) is 7.96. The van der Waals surface area contributed by atoms with E-state index < -0.39 is 0 Å². The smallest absolute Gasteiger partial charge is 0.258 e. The standard InChI is InChI=1S/C25H27N3O3/c1-14-26-19-12-15(8-9-16(19)22(30)27-14)23(31)28-11-10-25(4)18-6-5-7-20(29)17(18)13-21(28)24(25,2)3/h5-9,12,21,29H,10-11,13H2,1-4H3,(H,26,27,30). The van der Waals surface area contributed by atoms with Crippen molar-refractivity contribution in [2.75, 3.05) is 6.54 Å². The fourth-order valence-electron chi connectivity index (χ4n) is 5.72. The quantitative estimate of drug-likeness (QED) is 0.632. The number of aromatic hydroxyl groups is 1. The molecule has 5 rings (SSSR count). The van der Waals surface area contributed by atoms with Crippen LogP contribution in [-0.4, -0.2) is 38.5 Å². The highest BCUT2D eigenvalue weighted by Crippen LogP contribution is 2.57. The van der Waals surface area contributed by atoms with E-state index in [-0.39, 0.29) is 28.3 Å². The average molecular weight is 418 g/mol. The number of piperidine rings is 1. The summed E-state index contributed by atoms with van der Waals surface area (Å²) in [6.07, 6.45) is 1.45. The van der Waals surface area contributed by atoms with E-state index in [0.717, 1.165) is 12.0 Å². The summed E-state index contributed by atoms with van der Waals surface area (Å²) < 4.78 is 0. The molecule has 0 radical (unpaired) electrons. The van der Waals surface area contributed by atoms with Gasteiger partial charge in [-0.1, -0.05) is 32.9 Å². The fraction of sp³-hybridized carbons (Fsp3) is 0.400. The Balaban J connectivity index is 1.58. The summed E-state index contributed by atoms with van der Waals surface area (Å²) in [6, 6.07) is 10.8. The predicted octanol–water partition coefficient (Wildman–Crippen LogP) is 3.69. The molecule has 3 aromatic rings. The number of H-pyrrole nitrogens is 1. The number of rotatable bonds is 1. The maximum Gasteiger partial charge on any atom is 0.258 e. The molecule has 2 aliphatic rings. The molecule has 0 spiro atoms. The van der Waals surface area contributed by atoms with Gasteiger partial charge in [-0.3, -0.25) is 9.59 Å². The van der Waals surface area contributed by atoms with Crippen molar-refractivity contribution in [3.8, 4) is 5.75 Å². The monoisotopic (exact) mass is 417 g/mol. The summed E-state index contributed by atoms with van der Waals surface area (Å²) in [6.45, 7) is 9.10. The summed E-state index contributed by atoms with van der Waals surface area (Å²) in [5.74, 6) is 0.778. The summed E-state index contributed by atoms with van der Waals surface area (Å²) in [7, 11) is 0. The van der Waals surface area contributed by atoms with Crippen LogP contribution in [0.25, 0.3) is 10.9 Å². The van der Waals surface area contributed by atoms with Crippen LogP contribution in [0.4, 0.5) is 0 Å². The van der Waals surface area contributed by atoms with Gasteiger partial charge in [0.25, 0.3) is 11.5 Å². The van der Waals surface area contributed by atoms with Crippen molar-refractivity contribution in [3.05, 3.63) is 69.3 Å². The lowest BCUT2D eigenvalue weighted by molar-refractivity contribution is -0.0266. The molecule has 6 nitrogen and oxygen atoms in total. The molecule has 1 saturated heterocycles. The van der Waals surface area contributed by atoms with E-state index >= 15 is 0 Å². The number of aryl methyl sites for hydroxylation is 1. The van der Waals surface area contributed by atoms with Crippen LogP contribution < -0.4 is 5.56 Å². The molecule has 1 aliphatic carbocycles. The van der Waals surface area contributed by atoms with Gasteiger partial charge in [0.1, 0.15) is 11.6 Å². The maximum absolute atomic E-state index is 13.7. The Bertz CT molecular complexity index is 1290. The highest BCUT2D eigenvalue weighted by Gasteiger charge is 2.57. The van der Waals surface area contributed by atoms with Crippen LogP contribution in [-0.2, 0) is 11.8 Å². The van der Waals surface area contributed by atoms with Crippen molar-refractivity contribution in [1.82, 2.24) is 14.9 Å². The largest absolute Gasteiger partial charge is 0.508 e. The number of amides is 1. The van der Waals surface area contributed by atoms with E-state index in [2.05, 4.69) is 36.8 Å². The van der Waals surface area contributed by atoms with Crippen LogP contribution in [0.5, 0.6) is 5.75 Å². The Morgan fingerprint density at radius 3 is 2.77 bits per heavy atom. The van der Waals surface area contributed by atoms with Gasteiger partial charge in [0, 0.05) is 23.6 Å². The third kappa shape index (κ3) is 2.67. The van der Waals surface area contributed by atoms with Crippen molar-refractivity contribution in [3.63, 3.8) is 0 Å². The molecule has 1 aliphatic heterocycles. The van der Waals surface area contributed by atoms with Gasteiger partial charge in [-0.05, 0) is 60.6 Å². The molecule has 2 unspecified atom stereocenters. The van der Waals surface area contributed by atoms with Gasteiger partial charge in [-0.2, -0.15) is 0 Å². The van der Waals surface area contributed by atoms with E-state index in [1.165, 1.54) is 5.56 Å². The molecule has 2 atom stereocenters. The zero-order chi connectivity index (χ0) is 22.1. The molecule has 2 bridgehead atoms. The van der Waals surface area contributed by atoms with Crippen LogP contribution in [0.15, 0.2) is 41.2 Å². The van der Waals surface area contributed by atoms with Crippen molar-refractivity contribution < 1.29 is 9.90 Å². The van der Waals surface area contributed by atoms with E-state index in [4.69, 9.17) is 0 Å². The van der Waals surface area contributed by atoms with Gasteiger partial charge in [0.2, 0.25) is 0 Å². The molecular formula is C25H27N3O3. The normalized spacial score (nSPS) is 24.1. The van der Waals surface area contributed by atoms with E-state index in [9.17, 15) is 14.7 Å². The van der Waals surface area contributed by atoms with Crippen LogP contribution in [0.2, 0.25) is 0 Å². The first kappa shape index (κ1) is 19.8. The first-order valence-corrected chi connectivity index (χ1v) is 10.8. The number of hydrogen-bond donors (Lipinski definition) is 2. The Morgan fingerprint density at radius 1 is 1.23 bits per heavy atom. The van der Waals surface area contributed by atoms with Crippen LogP contribution in [0.1, 0.15) is 54.5 Å². The molecule has 0 saturated carbocycles. The van der Waals surface area contributed by atoms with Gasteiger partial charge in [-0.25, -0.2) is 4.98 Å². The zero-order valence-corrected chi connectivity index (χ0v) is 18.3. The van der Waals surface area contributed by atoms with Gasteiger partial charge < -0.3 is 15.0 Å². The number of phenols is 1. The third-order valence-electron chi connectivity index (χ3n) is 7.96. The van der Waals surface area contributed by atoms with Crippen LogP contribution in [0.3, 0.4) is 0 Å². The number of phenolic OH excluding ortho intramolecular Hbond substituents is 1. The van der Waals surface area contributed by atoms with E-state index in [1.807, 2.05) is 11.0 Å². The lowest BCUT2D eigenvalue weighted by atomic mass is 9.51. The van der Waals surface area contributed by atoms with Crippen molar-refractivity contribution in [2.24, 2.45) is 5.41 Å². The Hall–Kier alpha value is -3.15. The molecule has 2 N–H and O–H groups in total. The number of fused-ring (bicyclic) bond motifs is 5. The van der Waals surface area contributed by atoms with Crippen molar-refractivity contribution in [2.45, 2.75) is 52.0 Å². The molecule has 31 heavy (non-hydrogen) atoms. The van der Waals surface area contributed by atoms with Crippen LogP contribution >= 0.6 is 0 Å². The number of likely N-dealkylation sites (tertiary alicyclic amines) is 1.